The van der Waals surface area contributed by atoms with Gasteiger partial charge in [-0.05, 0) is 22.8 Å². The Morgan fingerprint density at radius 1 is 1.00 bits per heavy atom. The van der Waals surface area contributed by atoms with Crippen LogP contribution in [0.25, 0.3) is 22.3 Å². The van der Waals surface area contributed by atoms with Crippen molar-refractivity contribution in [3.8, 4) is 22.3 Å². The lowest BCUT2D eigenvalue weighted by Crippen LogP contribution is -2.00. The fourth-order valence-corrected chi connectivity index (χ4v) is 2.18. The van der Waals surface area contributed by atoms with E-state index in [1.807, 2.05) is 42.5 Å². The van der Waals surface area contributed by atoms with Gasteiger partial charge in [0, 0.05) is 11.8 Å². The Kier molecular flexibility index (Phi) is 3.05. The minimum atomic E-state index is -0.936. The summed E-state index contributed by atoms with van der Waals surface area (Å²) in [6, 6.07) is 14.9. The van der Waals surface area contributed by atoms with E-state index in [1.165, 1.54) is 0 Å². The molecule has 0 bridgehead atoms. The molecule has 3 rings (SSSR count). The van der Waals surface area contributed by atoms with Crippen LogP contribution in [0.4, 0.5) is 0 Å². The van der Waals surface area contributed by atoms with Crippen molar-refractivity contribution in [1.82, 2.24) is 10.2 Å². The van der Waals surface area contributed by atoms with E-state index in [4.69, 9.17) is 0 Å². The minimum absolute atomic E-state index is 0.287. The average Bonchev–Trinajstić information content (AvgIpc) is 3.02. The molecule has 4 heteroatoms. The monoisotopic (exact) mass is 264 g/mol. The first-order valence-electron chi connectivity index (χ1n) is 6.17. The number of benzene rings is 2. The van der Waals surface area contributed by atoms with E-state index in [0.29, 0.717) is 5.56 Å². The summed E-state index contributed by atoms with van der Waals surface area (Å²) in [5.74, 6) is -0.936. The molecule has 1 aromatic heterocycles. The highest BCUT2D eigenvalue weighted by atomic mass is 16.4. The quantitative estimate of drug-likeness (QED) is 0.761. The predicted molar refractivity (Wildman–Crippen MR) is 76.4 cm³/mol. The summed E-state index contributed by atoms with van der Waals surface area (Å²) in [6.45, 7) is 0. The maximum atomic E-state index is 11.5. The molecule has 3 aromatic rings. The van der Waals surface area contributed by atoms with Crippen molar-refractivity contribution >= 4 is 5.97 Å². The molecular weight excluding hydrogens is 252 g/mol. The van der Waals surface area contributed by atoms with Crippen molar-refractivity contribution in [3.63, 3.8) is 0 Å². The van der Waals surface area contributed by atoms with Crippen LogP contribution in [0.3, 0.4) is 0 Å². The molecule has 0 spiro atoms. The lowest BCUT2D eigenvalue weighted by atomic mass is 9.96. The summed E-state index contributed by atoms with van der Waals surface area (Å²) in [6.07, 6.45) is 3.41. The second kappa shape index (κ2) is 5.01. The summed E-state index contributed by atoms with van der Waals surface area (Å²) >= 11 is 0. The van der Waals surface area contributed by atoms with Gasteiger partial charge in [-0.25, -0.2) is 4.79 Å². The molecule has 0 amide bonds. The van der Waals surface area contributed by atoms with Crippen LogP contribution in [0.2, 0.25) is 0 Å². The Morgan fingerprint density at radius 3 is 2.45 bits per heavy atom. The highest BCUT2D eigenvalue weighted by Crippen LogP contribution is 2.28. The van der Waals surface area contributed by atoms with Crippen LogP contribution in [0.15, 0.2) is 60.9 Å². The van der Waals surface area contributed by atoms with E-state index in [0.717, 1.165) is 16.7 Å². The fourth-order valence-electron chi connectivity index (χ4n) is 2.18. The van der Waals surface area contributed by atoms with Gasteiger partial charge in [-0.15, -0.1) is 0 Å². The molecule has 0 aliphatic carbocycles. The number of rotatable bonds is 3. The lowest BCUT2D eigenvalue weighted by Gasteiger charge is -2.08. The van der Waals surface area contributed by atoms with Crippen molar-refractivity contribution in [2.24, 2.45) is 0 Å². The molecule has 98 valence electrons. The number of hydrogen-bond donors (Lipinski definition) is 2. The largest absolute Gasteiger partial charge is 0.478 e. The zero-order chi connectivity index (χ0) is 13.9. The fraction of sp³-hybridized carbons (Fsp3) is 0. The van der Waals surface area contributed by atoms with E-state index in [1.54, 1.807) is 18.5 Å². The van der Waals surface area contributed by atoms with Crippen LogP contribution in [0.5, 0.6) is 0 Å². The molecule has 20 heavy (non-hydrogen) atoms. The number of aromatic nitrogens is 2. The van der Waals surface area contributed by atoms with Gasteiger partial charge in [0.05, 0.1) is 11.8 Å². The van der Waals surface area contributed by atoms with Gasteiger partial charge in [-0.3, -0.25) is 5.10 Å². The minimum Gasteiger partial charge on any atom is -0.478 e. The van der Waals surface area contributed by atoms with Gasteiger partial charge in [0.1, 0.15) is 0 Å². The SMILES string of the molecule is O=C(O)c1cc(-c2cn[nH]c2)ccc1-c1ccccc1. The first kappa shape index (κ1) is 12.2. The molecule has 1 heterocycles. The second-order valence-corrected chi connectivity index (χ2v) is 4.42. The van der Waals surface area contributed by atoms with Crippen molar-refractivity contribution in [2.45, 2.75) is 0 Å². The van der Waals surface area contributed by atoms with Crippen molar-refractivity contribution in [2.75, 3.05) is 0 Å². The number of carboxylic acid groups (broad SMARTS) is 1. The number of aromatic amines is 1. The molecule has 2 N–H and O–H groups in total. The van der Waals surface area contributed by atoms with E-state index in [-0.39, 0.29) is 5.56 Å². The van der Waals surface area contributed by atoms with Gasteiger partial charge < -0.3 is 5.11 Å². The Labute approximate surface area is 115 Å². The zero-order valence-corrected chi connectivity index (χ0v) is 10.6. The molecule has 0 atom stereocenters. The summed E-state index contributed by atoms with van der Waals surface area (Å²) in [7, 11) is 0. The smallest absolute Gasteiger partial charge is 0.336 e. The average molecular weight is 264 g/mol. The number of hydrogen-bond acceptors (Lipinski definition) is 2. The molecule has 0 aliphatic rings. The van der Waals surface area contributed by atoms with Gasteiger partial charge >= 0.3 is 5.97 Å². The van der Waals surface area contributed by atoms with Crippen molar-refractivity contribution in [1.29, 1.82) is 0 Å². The van der Waals surface area contributed by atoms with Crippen molar-refractivity contribution < 1.29 is 9.90 Å². The molecular formula is C16H12N2O2. The first-order valence-corrected chi connectivity index (χ1v) is 6.17. The molecule has 0 saturated carbocycles. The maximum absolute atomic E-state index is 11.5. The Bertz CT molecular complexity index is 734. The summed E-state index contributed by atoms with van der Waals surface area (Å²) in [5, 5.41) is 16.0. The molecule has 2 aromatic carbocycles. The third-order valence-electron chi connectivity index (χ3n) is 3.17. The third kappa shape index (κ3) is 2.19. The van der Waals surface area contributed by atoms with Gasteiger partial charge in [0.2, 0.25) is 0 Å². The summed E-state index contributed by atoms with van der Waals surface area (Å²) in [5.41, 5.74) is 3.59. The predicted octanol–water partition coefficient (Wildman–Crippen LogP) is 3.44. The molecule has 4 nitrogen and oxygen atoms in total. The first-order chi connectivity index (χ1) is 9.75. The Balaban J connectivity index is 2.15. The zero-order valence-electron chi connectivity index (χ0n) is 10.6. The molecule has 0 fully saturated rings. The summed E-state index contributed by atoms with van der Waals surface area (Å²) in [4.78, 5) is 11.5. The van der Waals surface area contributed by atoms with E-state index in [9.17, 15) is 9.90 Å². The van der Waals surface area contributed by atoms with Crippen molar-refractivity contribution in [3.05, 3.63) is 66.5 Å². The Hall–Kier alpha value is -2.88. The number of nitrogens with zero attached hydrogens (tertiary/aromatic N) is 1. The third-order valence-corrected chi connectivity index (χ3v) is 3.17. The Morgan fingerprint density at radius 2 is 1.80 bits per heavy atom. The van der Waals surface area contributed by atoms with Crippen LogP contribution in [-0.4, -0.2) is 21.3 Å². The second-order valence-electron chi connectivity index (χ2n) is 4.42. The number of nitrogens with one attached hydrogen (secondary N) is 1. The number of carbonyl (C=O) groups is 1. The highest BCUT2D eigenvalue weighted by Gasteiger charge is 2.13. The molecule has 0 aliphatic heterocycles. The van der Waals surface area contributed by atoms with Crippen LogP contribution in [-0.2, 0) is 0 Å². The van der Waals surface area contributed by atoms with Crippen LogP contribution >= 0.6 is 0 Å². The number of H-pyrrole nitrogens is 1. The van der Waals surface area contributed by atoms with E-state index in [2.05, 4.69) is 10.2 Å². The lowest BCUT2D eigenvalue weighted by molar-refractivity contribution is 0.0698. The van der Waals surface area contributed by atoms with Gasteiger partial charge in [0.25, 0.3) is 0 Å². The van der Waals surface area contributed by atoms with E-state index < -0.39 is 5.97 Å². The van der Waals surface area contributed by atoms with Crippen LogP contribution in [0.1, 0.15) is 10.4 Å². The number of carboxylic acids is 1. The normalized spacial score (nSPS) is 10.4. The van der Waals surface area contributed by atoms with E-state index >= 15 is 0 Å². The topological polar surface area (TPSA) is 66.0 Å². The van der Waals surface area contributed by atoms with Gasteiger partial charge in [0.15, 0.2) is 0 Å². The molecule has 0 unspecified atom stereocenters. The highest BCUT2D eigenvalue weighted by molar-refractivity contribution is 5.97. The maximum Gasteiger partial charge on any atom is 0.336 e. The number of aromatic carboxylic acids is 1. The van der Waals surface area contributed by atoms with Gasteiger partial charge in [-0.1, -0.05) is 42.5 Å². The standard InChI is InChI=1S/C16H12N2O2/c19-16(20)15-8-12(13-9-17-18-10-13)6-7-14(15)11-4-2-1-3-5-11/h1-10H,(H,17,18)(H,19,20). The molecule has 0 radical (unpaired) electrons. The van der Waals surface area contributed by atoms with Gasteiger partial charge in [-0.2, -0.15) is 5.10 Å². The summed E-state index contributed by atoms with van der Waals surface area (Å²) < 4.78 is 0. The molecule has 0 saturated heterocycles. The van der Waals surface area contributed by atoms with Crippen LogP contribution < -0.4 is 0 Å². The van der Waals surface area contributed by atoms with Crippen LogP contribution in [0, 0.1) is 0 Å².